The number of rotatable bonds is 6. The van der Waals surface area contributed by atoms with E-state index >= 15 is 0 Å². The molecule has 174 valence electrons. The summed E-state index contributed by atoms with van der Waals surface area (Å²) in [7, 11) is 1.49. The van der Waals surface area contributed by atoms with Gasteiger partial charge in [-0.1, -0.05) is 20.8 Å². The number of amides is 3. The fourth-order valence-corrected chi connectivity index (χ4v) is 2.82. The van der Waals surface area contributed by atoms with Crippen LogP contribution in [0.3, 0.4) is 0 Å². The summed E-state index contributed by atoms with van der Waals surface area (Å²) >= 11 is 0. The lowest BCUT2D eigenvalue weighted by molar-refractivity contribution is 0.0957. The first kappa shape index (κ1) is 23.7. The average molecular weight is 455 g/mol. The molecule has 0 spiro atoms. The second-order valence-electron chi connectivity index (χ2n) is 8.13. The number of nitrogens with zero attached hydrogens (tertiary/aromatic N) is 3. The first-order valence-corrected chi connectivity index (χ1v) is 10.1. The minimum absolute atomic E-state index is 0.0458. The van der Waals surface area contributed by atoms with Crippen LogP contribution in [-0.2, 0) is 12.1 Å². The molecule has 0 radical (unpaired) electrons. The quantitative estimate of drug-likeness (QED) is 0.450. The van der Waals surface area contributed by atoms with Gasteiger partial charge in [-0.25, -0.2) is 13.9 Å². The van der Waals surface area contributed by atoms with Crippen LogP contribution in [0.1, 0.15) is 37.0 Å². The number of carbonyl (C=O) groups is 2. The van der Waals surface area contributed by atoms with Crippen molar-refractivity contribution in [3.63, 3.8) is 0 Å². The van der Waals surface area contributed by atoms with Crippen LogP contribution in [0.5, 0.6) is 11.5 Å². The predicted octanol–water partition coefficient (Wildman–Crippen LogP) is 3.43. The molecular formula is C22H26FN7O3. The highest BCUT2D eigenvalue weighted by molar-refractivity contribution is 5.99. The van der Waals surface area contributed by atoms with Crippen molar-refractivity contribution in [1.29, 1.82) is 0 Å². The summed E-state index contributed by atoms with van der Waals surface area (Å²) < 4.78 is 21.6. The third-order valence-corrected chi connectivity index (χ3v) is 4.58. The van der Waals surface area contributed by atoms with Crippen LogP contribution in [0.15, 0.2) is 42.6 Å². The molecule has 0 bridgehead atoms. The van der Waals surface area contributed by atoms with Gasteiger partial charge in [-0.2, -0.15) is 5.10 Å². The van der Waals surface area contributed by atoms with Gasteiger partial charge >= 0.3 is 6.03 Å². The van der Waals surface area contributed by atoms with Gasteiger partial charge in [0.25, 0.3) is 5.91 Å². The highest BCUT2D eigenvalue weighted by Gasteiger charge is 2.20. The zero-order valence-corrected chi connectivity index (χ0v) is 18.8. The molecule has 2 aromatic heterocycles. The van der Waals surface area contributed by atoms with E-state index in [-0.39, 0.29) is 35.1 Å². The summed E-state index contributed by atoms with van der Waals surface area (Å²) in [6.45, 7) is 6.04. The highest BCUT2D eigenvalue weighted by atomic mass is 19.1. The van der Waals surface area contributed by atoms with Gasteiger partial charge in [-0.15, -0.1) is 0 Å². The van der Waals surface area contributed by atoms with Gasteiger partial charge in [-0.3, -0.25) is 15.1 Å². The second kappa shape index (κ2) is 9.65. The van der Waals surface area contributed by atoms with Crippen LogP contribution in [0.4, 0.5) is 20.7 Å². The van der Waals surface area contributed by atoms with Crippen LogP contribution in [0.25, 0.3) is 0 Å². The average Bonchev–Trinajstić information content (AvgIpc) is 3.18. The molecule has 1 aromatic carbocycles. The van der Waals surface area contributed by atoms with Crippen LogP contribution in [-0.4, -0.2) is 33.8 Å². The van der Waals surface area contributed by atoms with E-state index in [1.165, 1.54) is 42.2 Å². The number of anilines is 2. The van der Waals surface area contributed by atoms with Gasteiger partial charge < -0.3 is 21.1 Å². The maximum atomic E-state index is 14.6. The molecule has 0 saturated carbocycles. The van der Waals surface area contributed by atoms with Crippen molar-refractivity contribution in [3.8, 4) is 11.5 Å². The third-order valence-electron chi connectivity index (χ3n) is 4.58. The SMILES string of the molecule is CNC(=O)c1cc(Oc2ccc(NC(=O)Nc3cc(C(C)(C)C)nn3CN)c(F)c2)ccn1. The molecule has 10 nitrogen and oxygen atoms in total. The Kier molecular flexibility index (Phi) is 6.92. The van der Waals surface area contributed by atoms with Crippen molar-refractivity contribution in [2.24, 2.45) is 5.73 Å². The van der Waals surface area contributed by atoms with Crippen molar-refractivity contribution in [2.45, 2.75) is 32.9 Å². The zero-order chi connectivity index (χ0) is 24.2. The van der Waals surface area contributed by atoms with Crippen molar-refractivity contribution in [3.05, 3.63) is 59.8 Å². The summed E-state index contributed by atoms with van der Waals surface area (Å²) in [6.07, 6.45) is 1.41. The predicted molar refractivity (Wildman–Crippen MR) is 122 cm³/mol. The zero-order valence-electron chi connectivity index (χ0n) is 18.8. The van der Waals surface area contributed by atoms with Crippen molar-refractivity contribution in [1.82, 2.24) is 20.1 Å². The number of urea groups is 1. The van der Waals surface area contributed by atoms with Crippen molar-refractivity contribution in [2.75, 3.05) is 17.7 Å². The number of hydrogen-bond donors (Lipinski definition) is 4. The second-order valence-corrected chi connectivity index (χ2v) is 8.13. The monoisotopic (exact) mass is 455 g/mol. The van der Waals surface area contributed by atoms with Gasteiger partial charge in [0, 0.05) is 36.9 Å². The lowest BCUT2D eigenvalue weighted by atomic mass is 9.92. The van der Waals surface area contributed by atoms with Crippen molar-refractivity contribution < 1.29 is 18.7 Å². The molecular weight excluding hydrogens is 429 g/mol. The number of nitrogens with two attached hydrogens (primary N) is 1. The van der Waals surface area contributed by atoms with Crippen LogP contribution >= 0.6 is 0 Å². The van der Waals surface area contributed by atoms with Crippen LogP contribution in [0, 0.1) is 5.82 Å². The molecule has 33 heavy (non-hydrogen) atoms. The van der Waals surface area contributed by atoms with Gasteiger partial charge in [0.1, 0.15) is 28.8 Å². The number of nitrogens with one attached hydrogen (secondary N) is 3. The minimum atomic E-state index is -0.703. The van der Waals surface area contributed by atoms with Crippen molar-refractivity contribution >= 4 is 23.4 Å². The molecule has 0 aliphatic rings. The van der Waals surface area contributed by atoms with Gasteiger partial charge in [0.2, 0.25) is 0 Å². The Bertz CT molecular complexity index is 1170. The maximum Gasteiger partial charge on any atom is 0.324 e. The lowest BCUT2D eigenvalue weighted by Gasteiger charge is -2.13. The molecule has 0 aliphatic heterocycles. The Morgan fingerprint density at radius 2 is 1.85 bits per heavy atom. The van der Waals surface area contributed by atoms with Gasteiger partial charge in [0.15, 0.2) is 0 Å². The summed E-state index contributed by atoms with van der Waals surface area (Å²) in [5.74, 6) is -0.187. The smallest absolute Gasteiger partial charge is 0.324 e. The number of hydrogen-bond acceptors (Lipinski definition) is 6. The normalized spacial score (nSPS) is 11.1. The largest absolute Gasteiger partial charge is 0.457 e. The molecule has 3 amide bonds. The standard InChI is InChI=1S/C22H26FN7O3/c1-22(2,3)18-11-19(30(12-24)29-18)28-21(32)27-16-6-5-13(9-15(16)23)33-14-7-8-26-17(10-14)20(31)25-4/h5-11H,12,24H2,1-4H3,(H,25,31)(H2,27,28,32). The molecule has 5 N–H and O–H groups in total. The van der Waals surface area contributed by atoms with E-state index in [1.54, 1.807) is 6.07 Å². The number of carbonyl (C=O) groups excluding carboxylic acids is 2. The Morgan fingerprint density at radius 3 is 2.48 bits per heavy atom. The summed E-state index contributed by atoms with van der Waals surface area (Å²) in [5.41, 5.74) is 6.35. The fraction of sp³-hybridized carbons (Fsp3) is 0.273. The van der Waals surface area contributed by atoms with E-state index in [1.807, 2.05) is 20.8 Å². The Hall–Kier alpha value is -3.99. The first-order valence-electron chi connectivity index (χ1n) is 10.1. The number of aromatic nitrogens is 3. The van der Waals surface area contributed by atoms with Gasteiger partial charge in [0.05, 0.1) is 18.1 Å². The number of benzene rings is 1. The number of pyridine rings is 1. The summed E-state index contributed by atoms with van der Waals surface area (Å²) in [4.78, 5) is 28.1. The maximum absolute atomic E-state index is 14.6. The molecule has 0 fully saturated rings. The lowest BCUT2D eigenvalue weighted by Crippen LogP contribution is -2.23. The van der Waals surface area contributed by atoms with E-state index < -0.39 is 11.8 Å². The minimum Gasteiger partial charge on any atom is -0.457 e. The molecule has 2 heterocycles. The number of halogens is 1. The van der Waals surface area contributed by atoms with E-state index in [0.29, 0.717) is 11.6 Å². The summed E-state index contributed by atoms with van der Waals surface area (Å²) in [5, 5.41) is 11.9. The van der Waals surface area contributed by atoms with E-state index in [4.69, 9.17) is 10.5 Å². The van der Waals surface area contributed by atoms with Crippen LogP contribution < -0.4 is 26.4 Å². The molecule has 3 rings (SSSR count). The molecule has 0 unspecified atom stereocenters. The summed E-state index contributed by atoms with van der Waals surface area (Å²) in [6, 6.07) is 8.02. The van der Waals surface area contributed by atoms with Gasteiger partial charge in [-0.05, 0) is 18.2 Å². The fourth-order valence-electron chi connectivity index (χ4n) is 2.82. The molecule has 3 aromatic rings. The van der Waals surface area contributed by atoms with E-state index in [2.05, 4.69) is 26.0 Å². The molecule has 11 heteroatoms. The Balaban J connectivity index is 1.69. The third kappa shape index (κ3) is 5.83. The molecule has 0 atom stereocenters. The Labute approximate surface area is 190 Å². The van der Waals surface area contributed by atoms with E-state index in [0.717, 1.165) is 11.8 Å². The van der Waals surface area contributed by atoms with Crippen LogP contribution in [0.2, 0.25) is 0 Å². The highest BCUT2D eigenvalue weighted by Crippen LogP contribution is 2.27. The molecule has 0 saturated heterocycles. The van der Waals surface area contributed by atoms with E-state index in [9.17, 15) is 14.0 Å². The first-order chi connectivity index (χ1) is 15.6. The number of ether oxygens (including phenoxy) is 1. The topological polar surface area (TPSA) is 136 Å². The molecule has 0 aliphatic carbocycles. The Morgan fingerprint density at radius 1 is 1.12 bits per heavy atom.